The maximum atomic E-state index is 12.0. The molecule has 0 bridgehead atoms. The number of carbonyl (C=O) groups excluding carboxylic acids is 1. The van der Waals surface area contributed by atoms with Crippen LogP contribution in [0.4, 0.5) is 10.8 Å². The molecular formula is C10H13N5OS. The Morgan fingerprint density at radius 1 is 1.59 bits per heavy atom. The van der Waals surface area contributed by atoms with Crippen LogP contribution in [0.1, 0.15) is 22.3 Å². The van der Waals surface area contributed by atoms with Crippen LogP contribution >= 0.6 is 11.3 Å². The Morgan fingerprint density at radius 3 is 2.94 bits per heavy atom. The van der Waals surface area contributed by atoms with Crippen molar-refractivity contribution in [3.8, 4) is 0 Å². The van der Waals surface area contributed by atoms with E-state index in [-0.39, 0.29) is 5.91 Å². The van der Waals surface area contributed by atoms with Gasteiger partial charge in [0.15, 0.2) is 5.13 Å². The molecule has 0 saturated heterocycles. The fourth-order valence-electron chi connectivity index (χ4n) is 1.46. The molecule has 0 aliphatic heterocycles. The monoisotopic (exact) mass is 251 g/mol. The Bertz CT molecular complexity index is 545. The van der Waals surface area contributed by atoms with E-state index in [1.165, 1.54) is 17.5 Å². The van der Waals surface area contributed by atoms with E-state index in [2.05, 4.69) is 15.4 Å². The van der Waals surface area contributed by atoms with Gasteiger partial charge in [-0.2, -0.15) is 5.10 Å². The number of nitrogens with two attached hydrogens (primary N) is 1. The highest BCUT2D eigenvalue weighted by molar-refractivity contribution is 7.15. The summed E-state index contributed by atoms with van der Waals surface area (Å²) in [4.78, 5) is 17.1. The highest BCUT2D eigenvalue weighted by Crippen LogP contribution is 2.19. The summed E-state index contributed by atoms with van der Waals surface area (Å²) in [5, 5.41) is 7.29. The first-order chi connectivity index (χ1) is 8.11. The average Bonchev–Trinajstić information content (AvgIpc) is 2.84. The summed E-state index contributed by atoms with van der Waals surface area (Å²) in [5.74, 6) is -0.281. The van der Waals surface area contributed by atoms with Crippen molar-refractivity contribution in [1.29, 1.82) is 0 Å². The minimum absolute atomic E-state index is 0.281. The van der Waals surface area contributed by atoms with Crippen LogP contribution in [0.3, 0.4) is 0 Å². The molecule has 0 radical (unpaired) electrons. The Morgan fingerprint density at radius 2 is 2.35 bits per heavy atom. The van der Waals surface area contributed by atoms with Gasteiger partial charge in [0.1, 0.15) is 5.69 Å². The third kappa shape index (κ3) is 2.28. The molecule has 0 aromatic carbocycles. The number of nitrogen functional groups attached to an aromatic ring is 1. The second kappa shape index (κ2) is 4.54. The van der Waals surface area contributed by atoms with Crippen molar-refractivity contribution in [1.82, 2.24) is 14.8 Å². The first-order valence-electron chi connectivity index (χ1n) is 5.17. The van der Waals surface area contributed by atoms with Gasteiger partial charge in [0.25, 0.3) is 5.91 Å². The van der Waals surface area contributed by atoms with Gasteiger partial charge in [-0.15, -0.1) is 11.3 Å². The lowest BCUT2D eigenvalue weighted by molar-refractivity contribution is 0.101. The quantitative estimate of drug-likeness (QED) is 0.865. The van der Waals surface area contributed by atoms with Crippen molar-refractivity contribution in [2.75, 3.05) is 11.1 Å². The van der Waals surface area contributed by atoms with Crippen molar-refractivity contribution < 1.29 is 4.79 Å². The largest absolute Gasteiger partial charge is 0.396 e. The molecule has 2 aromatic rings. The summed E-state index contributed by atoms with van der Waals surface area (Å²) < 4.78 is 1.56. The summed E-state index contributed by atoms with van der Waals surface area (Å²) in [6, 6.07) is 0. The number of nitrogens with zero attached hydrogens (tertiary/aromatic N) is 3. The highest BCUT2D eigenvalue weighted by atomic mass is 32.1. The van der Waals surface area contributed by atoms with Crippen molar-refractivity contribution in [2.45, 2.75) is 20.4 Å². The molecule has 0 atom stereocenters. The second-order valence-corrected chi connectivity index (χ2v) is 4.73. The van der Waals surface area contributed by atoms with Gasteiger partial charge in [-0.05, 0) is 13.8 Å². The normalized spacial score (nSPS) is 10.5. The van der Waals surface area contributed by atoms with Gasteiger partial charge < -0.3 is 5.73 Å². The third-order valence-electron chi connectivity index (χ3n) is 2.22. The van der Waals surface area contributed by atoms with Crippen LogP contribution in [-0.2, 0) is 6.54 Å². The summed E-state index contributed by atoms with van der Waals surface area (Å²) >= 11 is 1.42. The topological polar surface area (TPSA) is 85.8 Å². The minimum Gasteiger partial charge on any atom is -0.396 e. The van der Waals surface area contributed by atoms with Crippen LogP contribution in [-0.4, -0.2) is 20.7 Å². The van der Waals surface area contributed by atoms with Crippen LogP contribution in [0.15, 0.2) is 12.4 Å². The number of thiazole rings is 1. The molecule has 3 N–H and O–H groups in total. The predicted molar refractivity (Wildman–Crippen MR) is 67.1 cm³/mol. The molecule has 2 rings (SSSR count). The highest BCUT2D eigenvalue weighted by Gasteiger charge is 2.17. The van der Waals surface area contributed by atoms with E-state index in [4.69, 9.17) is 5.73 Å². The van der Waals surface area contributed by atoms with Gasteiger partial charge in [0.05, 0.1) is 11.9 Å². The van der Waals surface area contributed by atoms with Crippen LogP contribution in [0, 0.1) is 6.92 Å². The van der Waals surface area contributed by atoms with Gasteiger partial charge in [0.2, 0.25) is 0 Å². The zero-order chi connectivity index (χ0) is 12.4. The molecule has 0 fully saturated rings. The SMILES string of the molecule is CCn1ncc(N)c1C(=O)Nc1ncc(C)s1. The molecule has 0 spiro atoms. The van der Waals surface area contributed by atoms with E-state index in [9.17, 15) is 4.79 Å². The lowest BCUT2D eigenvalue weighted by atomic mass is 10.3. The van der Waals surface area contributed by atoms with Crippen molar-refractivity contribution in [3.63, 3.8) is 0 Å². The van der Waals surface area contributed by atoms with Gasteiger partial charge in [-0.1, -0.05) is 0 Å². The second-order valence-electron chi connectivity index (χ2n) is 3.49. The number of hydrogen-bond acceptors (Lipinski definition) is 5. The third-order valence-corrected chi connectivity index (χ3v) is 3.05. The number of aryl methyl sites for hydroxylation is 2. The molecule has 1 amide bonds. The number of carbonyl (C=O) groups is 1. The predicted octanol–water partition coefficient (Wildman–Crippen LogP) is 1.50. The Kier molecular flexibility index (Phi) is 3.10. The fourth-order valence-corrected chi connectivity index (χ4v) is 2.12. The van der Waals surface area contributed by atoms with Crippen molar-refractivity contribution in [3.05, 3.63) is 23.0 Å². The molecule has 0 saturated carbocycles. The summed E-state index contributed by atoms with van der Waals surface area (Å²) in [7, 11) is 0. The van der Waals surface area contributed by atoms with Gasteiger partial charge in [0, 0.05) is 17.6 Å². The van der Waals surface area contributed by atoms with Gasteiger partial charge >= 0.3 is 0 Å². The average molecular weight is 251 g/mol. The zero-order valence-corrected chi connectivity index (χ0v) is 10.4. The van der Waals surface area contributed by atoms with Gasteiger partial charge in [-0.3, -0.25) is 14.8 Å². The summed E-state index contributed by atoms with van der Waals surface area (Å²) in [6.07, 6.45) is 3.19. The Hall–Kier alpha value is -1.89. The fraction of sp³-hybridized carbons (Fsp3) is 0.300. The number of hydrogen-bond donors (Lipinski definition) is 2. The van der Waals surface area contributed by atoms with Crippen molar-refractivity contribution >= 4 is 28.1 Å². The van der Waals surface area contributed by atoms with Crippen LogP contribution < -0.4 is 11.1 Å². The van der Waals surface area contributed by atoms with Crippen molar-refractivity contribution in [2.24, 2.45) is 0 Å². The number of anilines is 2. The number of rotatable bonds is 3. The van der Waals surface area contributed by atoms with Crippen LogP contribution in [0.2, 0.25) is 0 Å². The van der Waals surface area contributed by atoms with E-state index in [0.717, 1.165) is 4.88 Å². The molecular weight excluding hydrogens is 238 g/mol. The van der Waals surface area contributed by atoms with Crippen LogP contribution in [0.5, 0.6) is 0 Å². The molecule has 0 aliphatic rings. The summed E-state index contributed by atoms with van der Waals surface area (Å²) in [6.45, 7) is 4.42. The number of aromatic nitrogens is 3. The molecule has 6 nitrogen and oxygen atoms in total. The van der Waals surface area contributed by atoms with E-state index >= 15 is 0 Å². The molecule has 2 aromatic heterocycles. The van der Waals surface area contributed by atoms with Crippen LogP contribution in [0.25, 0.3) is 0 Å². The summed E-state index contributed by atoms with van der Waals surface area (Å²) in [5.41, 5.74) is 6.46. The van der Waals surface area contributed by atoms with E-state index in [1.807, 2.05) is 13.8 Å². The lowest BCUT2D eigenvalue weighted by Crippen LogP contribution is -2.18. The maximum absolute atomic E-state index is 12.0. The molecule has 0 unspecified atom stereocenters. The molecule has 90 valence electrons. The Balaban J connectivity index is 2.22. The first kappa shape index (κ1) is 11.6. The Labute approximate surface area is 102 Å². The molecule has 17 heavy (non-hydrogen) atoms. The zero-order valence-electron chi connectivity index (χ0n) is 9.60. The molecule has 2 heterocycles. The molecule has 7 heteroatoms. The molecule has 0 aliphatic carbocycles. The maximum Gasteiger partial charge on any atom is 0.277 e. The van der Waals surface area contributed by atoms with E-state index < -0.39 is 0 Å². The standard InChI is InChI=1S/C10H13N5OS/c1-3-15-8(7(11)5-13-15)9(16)14-10-12-4-6(2)17-10/h4-5H,3,11H2,1-2H3,(H,12,14,16). The lowest BCUT2D eigenvalue weighted by Gasteiger charge is -2.05. The smallest absolute Gasteiger partial charge is 0.277 e. The minimum atomic E-state index is -0.281. The number of nitrogens with one attached hydrogen (secondary N) is 1. The van der Waals surface area contributed by atoms with E-state index in [1.54, 1.807) is 10.9 Å². The van der Waals surface area contributed by atoms with E-state index in [0.29, 0.717) is 23.1 Å². The number of amides is 1. The first-order valence-corrected chi connectivity index (χ1v) is 5.98. The van der Waals surface area contributed by atoms with Gasteiger partial charge in [-0.25, -0.2) is 4.98 Å².